The van der Waals surface area contributed by atoms with E-state index in [0.29, 0.717) is 23.2 Å². The zero-order valence-electron chi connectivity index (χ0n) is 10.8. The second-order valence-electron chi connectivity index (χ2n) is 4.89. The van der Waals surface area contributed by atoms with E-state index in [-0.39, 0.29) is 6.54 Å². The minimum atomic E-state index is -0.929. The molecular formula is C14H15N3O3. The molecule has 1 aromatic heterocycles. The lowest BCUT2D eigenvalue weighted by Crippen LogP contribution is -2.28. The summed E-state index contributed by atoms with van der Waals surface area (Å²) in [5.74, 6) is 0.630. The molecule has 1 atom stereocenters. The monoisotopic (exact) mass is 273 g/mol. The van der Waals surface area contributed by atoms with E-state index in [1.54, 1.807) is 12.1 Å². The number of carbonyl (C=O) groups is 1. The first kappa shape index (κ1) is 12.8. The molecule has 0 amide bonds. The Kier molecular flexibility index (Phi) is 3.47. The highest BCUT2D eigenvalue weighted by Crippen LogP contribution is 2.38. The normalized spacial score (nSPS) is 16.0. The predicted molar refractivity (Wildman–Crippen MR) is 69.9 cm³/mol. The summed E-state index contributed by atoms with van der Waals surface area (Å²) in [5, 5.41) is 16.1. The topological polar surface area (TPSA) is 88.2 Å². The Labute approximate surface area is 115 Å². The summed E-state index contributed by atoms with van der Waals surface area (Å²) in [4.78, 5) is 15.6. The molecule has 104 valence electrons. The molecule has 0 aliphatic heterocycles. The lowest BCUT2D eigenvalue weighted by atomic mass is 10.1. The number of carboxylic acid groups (broad SMARTS) is 1. The largest absolute Gasteiger partial charge is 0.480 e. The third-order valence-electron chi connectivity index (χ3n) is 3.25. The van der Waals surface area contributed by atoms with Crippen LogP contribution in [0.15, 0.2) is 34.9 Å². The second kappa shape index (κ2) is 5.42. The van der Waals surface area contributed by atoms with E-state index >= 15 is 0 Å². The van der Waals surface area contributed by atoms with Gasteiger partial charge in [-0.1, -0.05) is 35.5 Å². The number of hydrogen-bond donors (Lipinski definition) is 2. The second-order valence-corrected chi connectivity index (χ2v) is 4.89. The van der Waals surface area contributed by atoms with Crippen LogP contribution in [0.2, 0.25) is 0 Å². The van der Waals surface area contributed by atoms with Gasteiger partial charge in [0, 0.05) is 5.92 Å². The quantitative estimate of drug-likeness (QED) is 0.835. The van der Waals surface area contributed by atoms with Crippen LogP contribution in [0.25, 0.3) is 0 Å². The number of hydrogen-bond acceptors (Lipinski definition) is 5. The highest BCUT2D eigenvalue weighted by Gasteiger charge is 2.29. The van der Waals surface area contributed by atoms with Crippen molar-refractivity contribution in [3.8, 4) is 0 Å². The number of aliphatic carboxylic acids is 1. The zero-order chi connectivity index (χ0) is 13.9. The minimum Gasteiger partial charge on any atom is -0.480 e. The summed E-state index contributed by atoms with van der Waals surface area (Å²) in [6.07, 6.45) is 2.19. The lowest BCUT2D eigenvalue weighted by Gasteiger charge is -2.13. The molecule has 3 rings (SSSR count). The van der Waals surface area contributed by atoms with Crippen molar-refractivity contribution in [2.45, 2.75) is 31.3 Å². The Morgan fingerprint density at radius 1 is 1.40 bits per heavy atom. The van der Waals surface area contributed by atoms with E-state index < -0.39 is 12.0 Å². The average molecular weight is 273 g/mol. The molecule has 1 fully saturated rings. The van der Waals surface area contributed by atoms with Crippen molar-refractivity contribution < 1.29 is 14.4 Å². The Morgan fingerprint density at radius 3 is 2.80 bits per heavy atom. The van der Waals surface area contributed by atoms with Crippen molar-refractivity contribution in [3.63, 3.8) is 0 Å². The van der Waals surface area contributed by atoms with Crippen LogP contribution in [0, 0.1) is 0 Å². The maximum absolute atomic E-state index is 11.3. The third-order valence-corrected chi connectivity index (χ3v) is 3.25. The first-order valence-electron chi connectivity index (χ1n) is 6.57. The molecular weight excluding hydrogens is 258 g/mol. The summed E-state index contributed by atoms with van der Waals surface area (Å²) in [5.41, 5.74) is 0.700. The van der Waals surface area contributed by atoms with E-state index in [1.807, 2.05) is 18.2 Å². The molecule has 0 radical (unpaired) electrons. The molecule has 2 N–H and O–H groups in total. The fraction of sp³-hybridized carbons (Fsp3) is 0.357. The first-order chi connectivity index (χ1) is 9.74. The third kappa shape index (κ3) is 2.85. The standard InChI is InChI=1S/C14H15N3O3/c18-14(19)12(9-4-2-1-3-5-9)15-8-11-16-13(20-17-11)10-6-7-10/h1-5,10,12,15H,6-8H2,(H,18,19). The van der Waals surface area contributed by atoms with Crippen LogP contribution < -0.4 is 5.32 Å². The van der Waals surface area contributed by atoms with Crippen LogP contribution in [0.4, 0.5) is 0 Å². The fourth-order valence-corrected chi connectivity index (χ4v) is 2.02. The Hall–Kier alpha value is -2.21. The molecule has 6 nitrogen and oxygen atoms in total. The Bertz CT molecular complexity index is 593. The van der Waals surface area contributed by atoms with Gasteiger partial charge in [0.2, 0.25) is 5.89 Å². The molecule has 1 aliphatic rings. The predicted octanol–water partition coefficient (Wildman–Crippen LogP) is 1.86. The van der Waals surface area contributed by atoms with Gasteiger partial charge in [-0.05, 0) is 18.4 Å². The number of carboxylic acids is 1. The molecule has 0 spiro atoms. The maximum Gasteiger partial charge on any atom is 0.325 e. The fourth-order valence-electron chi connectivity index (χ4n) is 2.02. The summed E-state index contributed by atoms with van der Waals surface area (Å²) in [6, 6.07) is 8.25. The van der Waals surface area contributed by atoms with Crippen molar-refractivity contribution in [3.05, 3.63) is 47.6 Å². The summed E-state index contributed by atoms with van der Waals surface area (Å²) in [6.45, 7) is 0.266. The van der Waals surface area contributed by atoms with Crippen molar-refractivity contribution in [2.75, 3.05) is 0 Å². The van der Waals surface area contributed by atoms with Gasteiger partial charge in [0.15, 0.2) is 5.82 Å². The van der Waals surface area contributed by atoms with Gasteiger partial charge in [0.1, 0.15) is 6.04 Å². The molecule has 1 aliphatic carbocycles. The highest BCUT2D eigenvalue weighted by atomic mass is 16.5. The van der Waals surface area contributed by atoms with Crippen molar-refractivity contribution in [1.29, 1.82) is 0 Å². The van der Waals surface area contributed by atoms with Gasteiger partial charge in [-0.2, -0.15) is 4.98 Å². The minimum absolute atomic E-state index is 0.266. The van der Waals surface area contributed by atoms with Gasteiger partial charge in [0.05, 0.1) is 6.54 Å². The first-order valence-corrected chi connectivity index (χ1v) is 6.57. The summed E-state index contributed by atoms with van der Waals surface area (Å²) >= 11 is 0. The van der Waals surface area contributed by atoms with Gasteiger partial charge >= 0.3 is 5.97 Å². The summed E-state index contributed by atoms with van der Waals surface area (Å²) in [7, 11) is 0. The van der Waals surface area contributed by atoms with Crippen LogP contribution >= 0.6 is 0 Å². The molecule has 20 heavy (non-hydrogen) atoms. The van der Waals surface area contributed by atoms with Gasteiger partial charge < -0.3 is 9.63 Å². The maximum atomic E-state index is 11.3. The Morgan fingerprint density at radius 2 is 2.15 bits per heavy atom. The van der Waals surface area contributed by atoms with Crippen LogP contribution in [-0.4, -0.2) is 21.2 Å². The number of nitrogens with one attached hydrogen (secondary N) is 1. The number of nitrogens with zero attached hydrogens (tertiary/aromatic N) is 2. The number of rotatable bonds is 6. The zero-order valence-corrected chi connectivity index (χ0v) is 10.8. The molecule has 2 aromatic rings. The number of aromatic nitrogens is 2. The molecule has 1 unspecified atom stereocenters. The lowest BCUT2D eigenvalue weighted by molar-refractivity contribution is -0.139. The molecule has 6 heteroatoms. The number of benzene rings is 1. The molecule has 1 saturated carbocycles. The Balaban J connectivity index is 1.66. The molecule has 0 saturated heterocycles. The average Bonchev–Trinajstić information content (AvgIpc) is 3.20. The van der Waals surface area contributed by atoms with Crippen molar-refractivity contribution in [1.82, 2.24) is 15.5 Å². The highest BCUT2D eigenvalue weighted by molar-refractivity contribution is 5.75. The molecule has 1 heterocycles. The van der Waals surface area contributed by atoms with Gasteiger partial charge in [-0.25, -0.2) is 0 Å². The van der Waals surface area contributed by atoms with E-state index in [1.165, 1.54) is 0 Å². The van der Waals surface area contributed by atoms with E-state index in [4.69, 9.17) is 4.52 Å². The van der Waals surface area contributed by atoms with E-state index in [0.717, 1.165) is 12.8 Å². The molecule has 1 aromatic carbocycles. The van der Waals surface area contributed by atoms with Crippen LogP contribution in [0.1, 0.15) is 42.1 Å². The van der Waals surface area contributed by atoms with E-state index in [9.17, 15) is 9.90 Å². The van der Waals surface area contributed by atoms with Gasteiger partial charge in [-0.15, -0.1) is 0 Å². The smallest absolute Gasteiger partial charge is 0.325 e. The van der Waals surface area contributed by atoms with Crippen molar-refractivity contribution in [2.24, 2.45) is 0 Å². The van der Waals surface area contributed by atoms with Crippen molar-refractivity contribution >= 4 is 5.97 Å². The van der Waals surface area contributed by atoms with E-state index in [2.05, 4.69) is 15.5 Å². The van der Waals surface area contributed by atoms with Gasteiger partial charge in [-0.3, -0.25) is 10.1 Å². The van der Waals surface area contributed by atoms with Gasteiger partial charge in [0.25, 0.3) is 0 Å². The molecule has 0 bridgehead atoms. The van der Waals surface area contributed by atoms with Crippen LogP contribution in [-0.2, 0) is 11.3 Å². The summed E-state index contributed by atoms with van der Waals surface area (Å²) < 4.78 is 5.14. The van der Waals surface area contributed by atoms with Crippen LogP contribution in [0.3, 0.4) is 0 Å². The van der Waals surface area contributed by atoms with Crippen LogP contribution in [0.5, 0.6) is 0 Å². The SMILES string of the molecule is O=C(O)C(NCc1noc(C2CC2)n1)c1ccccc1.